The summed E-state index contributed by atoms with van der Waals surface area (Å²) in [7, 11) is 0. The van der Waals surface area contributed by atoms with Crippen LogP contribution in [0.5, 0.6) is 0 Å². The summed E-state index contributed by atoms with van der Waals surface area (Å²) in [5, 5.41) is 8.33. The Morgan fingerprint density at radius 3 is 2.60 bits per heavy atom. The number of hydrogen-bond donors (Lipinski definition) is 1. The predicted octanol–water partition coefficient (Wildman–Crippen LogP) is 1.32. The van der Waals surface area contributed by atoms with Gasteiger partial charge in [-0.15, -0.1) is 0 Å². The van der Waals surface area contributed by atoms with E-state index < -0.39 is 6.36 Å². The van der Waals surface area contributed by atoms with Gasteiger partial charge >= 0.3 is 0 Å². The summed E-state index contributed by atoms with van der Waals surface area (Å²) >= 11 is 0. The van der Waals surface area contributed by atoms with Crippen molar-refractivity contribution in [3.8, 4) is 0 Å². The first-order chi connectivity index (χ1) is 4.79. The second kappa shape index (κ2) is 3.32. The highest BCUT2D eigenvalue weighted by atomic mass is 19.1. The minimum absolute atomic E-state index is 0.0642. The van der Waals surface area contributed by atoms with Crippen molar-refractivity contribution in [2.75, 3.05) is 0 Å². The number of halogens is 1. The first kappa shape index (κ1) is 7.22. The molecule has 1 unspecified atom stereocenters. The van der Waals surface area contributed by atoms with Crippen LogP contribution >= 0.6 is 0 Å². The highest BCUT2D eigenvalue weighted by molar-refractivity contribution is 5.13. The van der Waals surface area contributed by atoms with E-state index in [-0.39, 0.29) is 6.42 Å². The molecule has 0 heterocycles. The molecule has 0 amide bonds. The molecule has 1 aromatic carbocycles. The fourth-order valence-electron chi connectivity index (χ4n) is 0.752. The lowest BCUT2D eigenvalue weighted by atomic mass is 10.2. The molecule has 10 heavy (non-hydrogen) atoms. The summed E-state index contributed by atoms with van der Waals surface area (Å²) in [6.45, 7) is 0. The molecule has 2 heteroatoms. The van der Waals surface area contributed by atoms with E-state index in [1.54, 1.807) is 24.3 Å². The highest BCUT2D eigenvalue weighted by Gasteiger charge is 1.99. The van der Waals surface area contributed by atoms with Gasteiger partial charge in [0.2, 0.25) is 0 Å². The van der Waals surface area contributed by atoms with E-state index in [2.05, 4.69) is 6.07 Å². The predicted molar refractivity (Wildman–Crippen MR) is 36.1 cm³/mol. The molecule has 0 aromatic heterocycles. The van der Waals surface area contributed by atoms with Crippen molar-refractivity contribution in [2.24, 2.45) is 0 Å². The summed E-state index contributed by atoms with van der Waals surface area (Å²) in [5.74, 6) is 0. The normalized spacial score (nSPS) is 13.0. The molecule has 1 rings (SSSR count). The lowest BCUT2D eigenvalue weighted by Crippen LogP contribution is -2.01. The van der Waals surface area contributed by atoms with Gasteiger partial charge in [-0.1, -0.05) is 24.3 Å². The molecule has 1 nitrogen and oxygen atoms in total. The molecular formula is C8H8FO. The number of hydrogen-bond acceptors (Lipinski definition) is 1. The molecule has 1 aromatic rings. The molecule has 0 saturated carbocycles. The Balaban J connectivity index is 2.59. The number of rotatable bonds is 2. The lowest BCUT2D eigenvalue weighted by Gasteiger charge is -1.98. The minimum Gasteiger partial charge on any atom is -0.364 e. The Morgan fingerprint density at radius 2 is 2.10 bits per heavy atom. The van der Waals surface area contributed by atoms with Gasteiger partial charge in [0.1, 0.15) is 0 Å². The fourth-order valence-corrected chi connectivity index (χ4v) is 0.752. The van der Waals surface area contributed by atoms with Crippen LogP contribution in [-0.4, -0.2) is 11.5 Å². The Kier molecular flexibility index (Phi) is 2.40. The molecule has 0 fully saturated rings. The SMILES string of the molecule is OC(F)Cc1cc[c]cc1. The topological polar surface area (TPSA) is 20.2 Å². The maximum atomic E-state index is 11.9. The zero-order valence-electron chi connectivity index (χ0n) is 5.42. The van der Waals surface area contributed by atoms with Crippen LogP contribution < -0.4 is 0 Å². The second-order valence-electron chi connectivity index (χ2n) is 2.05. The van der Waals surface area contributed by atoms with Crippen molar-refractivity contribution in [3.05, 3.63) is 35.9 Å². The van der Waals surface area contributed by atoms with E-state index in [0.29, 0.717) is 0 Å². The van der Waals surface area contributed by atoms with E-state index in [1.165, 1.54) is 0 Å². The van der Waals surface area contributed by atoms with E-state index in [9.17, 15) is 4.39 Å². The van der Waals surface area contributed by atoms with Crippen LogP contribution in [0.1, 0.15) is 5.56 Å². The van der Waals surface area contributed by atoms with Gasteiger partial charge in [-0.3, -0.25) is 0 Å². The molecule has 0 spiro atoms. The summed E-state index contributed by atoms with van der Waals surface area (Å²) in [6.07, 6.45) is -1.68. The maximum absolute atomic E-state index is 11.9. The van der Waals surface area contributed by atoms with Crippen molar-refractivity contribution < 1.29 is 9.50 Å². The number of alkyl halides is 1. The number of benzene rings is 1. The van der Waals surface area contributed by atoms with E-state index in [4.69, 9.17) is 5.11 Å². The standard InChI is InChI=1S/C8H8FO/c9-8(10)6-7-4-2-1-3-5-7/h2-5,8,10H,6H2. The largest absolute Gasteiger partial charge is 0.364 e. The second-order valence-corrected chi connectivity index (χ2v) is 2.05. The minimum atomic E-state index is -1.75. The van der Waals surface area contributed by atoms with Gasteiger partial charge in [-0.2, -0.15) is 0 Å². The van der Waals surface area contributed by atoms with Crippen LogP contribution in [0, 0.1) is 6.07 Å². The van der Waals surface area contributed by atoms with Crippen LogP contribution in [0.4, 0.5) is 4.39 Å². The van der Waals surface area contributed by atoms with Gasteiger partial charge < -0.3 is 5.11 Å². The maximum Gasteiger partial charge on any atom is 0.200 e. The van der Waals surface area contributed by atoms with Gasteiger partial charge in [0.15, 0.2) is 6.36 Å². The third-order valence-electron chi connectivity index (χ3n) is 1.19. The van der Waals surface area contributed by atoms with Crippen LogP contribution in [0.25, 0.3) is 0 Å². The Morgan fingerprint density at radius 1 is 1.50 bits per heavy atom. The molecule has 0 aliphatic heterocycles. The number of aliphatic hydroxyl groups excluding tert-OH is 1. The van der Waals surface area contributed by atoms with Gasteiger partial charge in [0, 0.05) is 6.42 Å². The summed E-state index contributed by atoms with van der Waals surface area (Å²) in [5.41, 5.74) is 0.786. The Labute approximate surface area is 59.1 Å². The van der Waals surface area contributed by atoms with Crippen molar-refractivity contribution >= 4 is 0 Å². The fraction of sp³-hybridized carbons (Fsp3) is 0.250. The van der Waals surface area contributed by atoms with Crippen LogP contribution in [0.15, 0.2) is 24.3 Å². The smallest absolute Gasteiger partial charge is 0.200 e. The quantitative estimate of drug-likeness (QED) is 0.655. The van der Waals surface area contributed by atoms with Gasteiger partial charge in [-0.25, -0.2) is 4.39 Å². The Bertz CT molecular complexity index is 184. The zero-order valence-corrected chi connectivity index (χ0v) is 5.42. The monoisotopic (exact) mass is 139 g/mol. The van der Waals surface area contributed by atoms with Gasteiger partial charge in [0.05, 0.1) is 0 Å². The first-order valence-corrected chi connectivity index (χ1v) is 3.06. The molecule has 0 aliphatic rings. The van der Waals surface area contributed by atoms with Crippen molar-refractivity contribution in [2.45, 2.75) is 12.8 Å². The van der Waals surface area contributed by atoms with Crippen molar-refractivity contribution in [1.82, 2.24) is 0 Å². The zero-order chi connectivity index (χ0) is 7.40. The molecule has 0 aliphatic carbocycles. The third kappa shape index (κ3) is 2.15. The summed E-state index contributed by atoms with van der Waals surface area (Å²) < 4.78 is 11.9. The molecule has 1 N–H and O–H groups in total. The van der Waals surface area contributed by atoms with E-state index in [1.807, 2.05) is 0 Å². The van der Waals surface area contributed by atoms with Crippen molar-refractivity contribution in [3.63, 3.8) is 0 Å². The molecule has 1 atom stereocenters. The Hall–Kier alpha value is -0.890. The van der Waals surface area contributed by atoms with Crippen molar-refractivity contribution in [1.29, 1.82) is 0 Å². The first-order valence-electron chi connectivity index (χ1n) is 3.06. The van der Waals surface area contributed by atoms with Gasteiger partial charge in [-0.05, 0) is 11.6 Å². The van der Waals surface area contributed by atoms with E-state index >= 15 is 0 Å². The van der Waals surface area contributed by atoms with Crippen LogP contribution in [0.2, 0.25) is 0 Å². The van der Waals surface area contributed by atoms with Crippen LogP contribution in [-0.2, 0) is 6.42 Å². The van der Waals surface area contributed by atoms with Gasteiger partial charge in [0.25, 0.3) is 0 Å². The van der Waals surface area contributed by atoms with Crippen LogP contribution in [0.3, 0.4) is 0 Å². The average molecular weight is 139 g/mol. The molecule has 1 radical (unpaired) electrons. The lowest BCUT2D eigenvalue weighted by molar-refractivity contribution is 0.0430. The highest BCUT2D eigenvalue weighted by Crippen LogP contribution is 2.02. The average Bonchev–Trinajstić information content (AvgIpc) is 1.88. The number of aliphatic hydroxyl groups is 1. The summed E-state index contributed by atoms with van der Waals surface area (Å²) in [6, 6.07) is 9.64. The molecule has 0 bridgehead atoms. The molecule has 53 valence electrons. The molecular weight excluding hydrogens is 131 g/mol. The van der Waals surface area contributed by atoms with E-state index in [0.717, 1.165) is 5.56 Å². The third-order valence-corrected chi connectivity index (χ3v) is 1.19. The molecule has 0 saturated heterocycles. The summed E-state index contributed by atoms with van der Waals surface area (Å²) in [4.78, 5) is 0.